The quantitative estimate of drug-likeness (QED) is 0.799. The third-order valence-corrected chi connectivity index (χ3v) is 2.49. The summed E-state index contributed by atoms with van der Waals surface area (Å²) < 4.78 is 0. The number of halogens is 1. The second-order valence-electron chi connectivity index (χ2n) is 3.10. The van der Waals surface area contributed by atoms with Crippen LogP contribution >= 0.6 is 15.9 Å². The van der Waals surface area contributed by atoms with Crippen LogP contribution in [-0.4, -0.2) is 20.3 Å². The maximum Gasteiger partial charge on any atom is 0.162 e. The smallest absolute Gasteiger partial charge is 0.162 e. The largest absolute Gasteiger partial charge is 0.225 e. The average molecular weight is 264 g/mol. The van der Waals surface area contributed by atoms with Crippen LogP contribution in [0.4, 0.5) is 0 Å². The number of hydrogen-bond acceptors (Lipinski definition) is 3. The van der Waals surface area contributed by atoms with E-state index < -0.39 is 0 Å². The molecule has 1 heterocycles. The van der Waals surface area contributed by atoms with Crippen LogP contribution in [0.2, 0.25) is 0 Å². The number of nitrogens with zero attached hydrogens (tertiary/aromatic N) is 3. The van der Waals surface area contributed by atoms with Gasteiger partial charge in [0.15, 0.2) is 5.82 Å². The second kappa shape index (κ2) is 4.98. The van der Waals surface area contributed by atoms with Crippen LogP contribution in [0.1, 0.15) is 5.56 Å². The molecule has 0 bridgehead atoms. The molecule has 4 heteroatoms. The molecule has 2 aromatic rings. The molecule has 15 heavy (non-hydrogen) atoms. The minimum Gasteiger partial charge on any atom is -0.225 e. The van der Waals surface area contributed by atoms with Crippen LogP contribution < -0.4 is 0 Å². The molecule has 2 rings (SSSR count). The molecular formula is C11H10BrN3. The lowest BCUT2D eigenvalue weighted by atomic mass is 10.1. The van der Waals surface area contributed by atoms with Gasteiger partial charge in [0.05, 0.1) is 0 Å². The molecule has 1 aromatic carbocycles. The summed E-state index contributed by atoms with van der Waals surface area (Å²) >= 11 is 3.42. The molecule has 0 amide bonds. The molecule has 0 N–H and O–H groups in total. The van der Waals surface area contributed by atoms with Crippen molar-refractivity contribution in [2.45, 2.75) is 6.42 Å². The Morgan fingerprint density at radius 3 is 2.27 bits per heavy atom. The van der Waals surface area contributed by atoms with Crippen LogP contribution in [0.15, 0.2) is 36.9 Å². The number of aromatic nitrogens is 3. The fourth-order valence-electron chi connectivity index (χ4n) is 1.32. The highest BCUT2D eigenvalue weighted by Crippen LogP contribution is 2.14. The first kappa shape index (κ1) is 10.2. The molecule has 3 nitrogen and oxygen atoms in total. The summed E-state index contributed by atoms with van der Waals surface area (Å²) in [5.74, 6) is 0.718. The lowest BCUT2D eigenvalue weighted by molar-refractivity contribution is 1.05. The van der Waals surface area contributed by atoms with E-state index in [4.69, 9.17) is 0 Å². The molecule has 0 aliphatic heterocycles. The fourth-order valence-corrected chi connectivity index (χ4v) is 1.78. The molecule has 0 saturated carbocycles. The summed E-state index contributed by atoms with van der Waals surface area (Å²) in [5.41, 5.74) is 2.33. The number of hydrogen-bond donors (Lipinski definition) is 0. The summed E-state index contributed by atoms with van der Waals surface area (Å²) in [7, 11) is 0. The molecule has 0 saturated heterocycles. The summed E-state index contributed by atoms with van der Waals surface area (Å²) in [6.07, 6.45) is 4.06. The number of aryl methyl sites for hydroxylation is 1. The monoisotopic (exact) mass is 263 g/mol. The molecule has 0 radical (unpaired) electrons. The molecule has 0 atom stereocenters. The Labute approximate surface area is 96.7 Å². The minimum absolute atomic E-state index is 0.718. The van der Waals surface area contributed by atoms with Crippen molar-refractivity contribution < 1.29 is 0 Å². The third-order valence-electron chi connectivity index (χ3n) is 2.09. The van der Waals surface area contributed by atoms with Gasteiger partial charge >= 0.3 is 0 Å². The zero-order valence-electron chi connectivity index (χ0n) is 8.10. The Bertz CT molecular complexity index is 414. The maximum atomic E-state index is 4.09. The lowest BCUT2D eigenvalue weighted by Crippen LogP contribution is -1.90. The first-order chi connectivity index (χ1) is 7.40. The predicted octanol–water partition coefficient (Wildman–Crippen LogP) is 2.48. The van der Waals surface area contributed by atoms with Gasteiger partial charge in [0.2, 0.25) is 0 Å². The van der Waals surface area contributed by atoms with Gasteiger partial charge < -0.3 is 0 Å². The second-order valence-corrected chi connectivity index (χ2v) is 3.89. The van der Waals surface area contributed by atoms with Crippen molar-refractivity contribution >= 4 is 15.9 Å². The summed E-state index contributed by atoms with van der Waals surface area (Å²) in [6, 6.07) is 8.27. The highest BCUT2D eigenvalue weighted by Gasteiger charge is 1.99. The van der Waals surface area contributed by atoms with Gasteiger partial charge in [-0.1, -0.05) is 40.2 Å². The Kier molecular flexibility index (Phi) is 3.40. The topological polar surface area (TPSA) is 38.7 Å². The van der Waals surface area contributed by atoms with Crippen LogP contribution in [0, 0.1) is 0 Å². The van der Waals surface area contributed by atoms with E-state index in [0.29, 0.717) is 0 Å². The van der Waals surface area contributed by atoms with Crippen molar-refractivity contribution in [3.8, 4) is 11.4 Å². The van der Waals surface area contributed by atoms with Crippen LogP contribution in [0.5, 0.6) is 0 Å². The van der Waals surface area contributed by atoms with Gasteiger partial charge in [0.25, 0.3) is 0 Å². The van der Waals surface area contributed by atoms with E-state index in [9.17, 15) is 0 Å². The van der Waals surface area contributed by atoms with Crippen LogP contribution in [-0.2, 0) is 6.42 Å². The molecule has 1 aromatic heterocycles. The summed E-state index contributed by atoms with van der Waals surface area (Å²) in [4.78, 5) is 12.0. The predicted molar refractivity (Wildman–Crippen MR) is 62.8 cm³/mol. The standard InChI is InChI=1S/C11H10BrN3/c12-6-5-9-1-3-10(4-2-9)11-14-7-13-8-15-11/h1-4,7-8H,5-6H2. The molecule has 0 spiro atoms. The number of alkyl halides is 1. The molecule has 0 unspecified atom stereocenters. The van der Waals surface area contributed by atoms with Gasteiger partial charge in [0, 0.05) is 10.9 Å². The van der Waals surface area contributed by atoms with E-state index in [1.54, 1.807) is 0 Å². The molecule has 0 aliphatic rings. The van der Waals surface area contributed by atoms with E-state index in [1.807, 2.05) is 12.1 Å². The van der Waals surface area contributed by atoms with Crippen molar-refractivity contribution in [2.24, 2.45) is 0 Å². The Hall–Kier alpha value is -1.29. The van der Waals surface area contributed by atoms with E-state index >= 15 is 0 Å². The first-order valence-corrected chi connectivity index (χ1v) is 5.79. The Balaban J connectivity index is 2.24. The Morgan fingerprint density at radius 1 is 1.00 bits per heavy atom. The lowest BCUT2D eigenvalue weighted by Gasteiger charge is -2.00. The zero-order chi connectivity index (χ0) is 10.5. The van der Waals surface area contributed by atoms with Gasteiger partial charge in [-0.2, -0.15) is 0 Å². The van der Waals surface area contributed by atoms with Crippen LogP contribution in [0.3, 0.4) is 0 Å². The van der Waals surface area contributed by atoms with Gasteiger partial charge in [-0.3, -0.25) is 0 Å². The SMILES string of the molecule is BrCCc1ccc(-c2ncncn2)cc1. The van der Waals surface area contributed by atoms with E-state index in [1.165, 1.54) is 18.2 Å². The summed E-state index contributed by atoms with van der Waals surface area (Å²) in [6.45, 7) is 0. The molecule has 0 aliphatic carbocycles. The fraction of sp³-hybridized carbons (Fsp3) is 0.182. The number of benzene rings is 1. The van der Waals surface area contributed by atoms with E-state index in [0.717, 1.165) is 23.1 Å². The molecule has 0 fully saturated rings. The van der Waals surface area contributed by atoms with E-state index in [-0.39, 0.29) is 0 Å². The van der Waals surface area contributed by atoms with Crippen LogP contribution in [0.25, 0.3) is 11.4 Å². The average Bonchev–Trinajstić information content (AvgIpc) is 2.32. The van der Waals surface area contributed by atoms with Gasteiger partial charge in [-0.15, -0.1) is 0 Å². The maximum absolute atomic E-state index is 4.09. The zero-order valence-corrected chi connectivity index (χ0v) is 9.68. The van der Waals surface area contributed by atoms with E-state index in [2.05, 4.69) is 43.0 Å². The van der Waals surface area contributed by atoms with Crippen molar-refractivity contribution in [3.05, 3.63) is 42.5 Å². The first-order valence-electron chi connectivity index (χ1n) is 4.67. The Morgan fingerprint density at radius 2 is 1.67 bits per heavy atom. The van der Waals surface area contributed by atoms with Gasteiger partial charge in [-0.05, 0) is 12.0 Å². The van der Waals surface area contributed by atoms with Crippen molar-refractivity contribution in [2.75, 3.05) is 5.33 Å². The highest BCUT2D eigenvalue weighted by atomic mass is 79.9. The molecular weight excluding hydrogens is 254 g/mol. The third kappa shape index (κ3) is 2.59. The number of rotatable bonds is 3. The molecule has 76 valence electrons. The normalized spacial score (nSPS) is 10.2. The van der Waals surface area contributed by atoms with Gasteiger partial charge in [0.1, 0.15) is 12.7 Å². The van der Waals surface area contributed by atoms with Crippen molar-refractivity contribution in [1.82, 2.24) is 15.0 Å². The summed E-state index contributed by atoms with van der Waals surface area (Å²) in [5, 5.41) is 0.984. The van der Waals surface area contributed by atoms with Crippen molar-refractivity contribution in [1.29, 1.82) is 0 Å². The minimum atomic E-state index is 0.718. The highest BCUT2D eigenvalue weighted by molar-refractivity contribution is 9.09. The van der Waals surface area contributed by atoms with Gasteiger partial charge in [-0.25, -0.2) is 15.0 Å². The van der Waals surface area contributed by atoms with Crippen molar-refractivity contribution in [3.63, 3.8) is 0 Å².